The van der Waals surface area contributed by atoms with E-state index in [9.17, 15) is 4.79 Å². The Labute approximate surface area is 59.9 Å². The zero-order valence-corrected chi connectivity index (χ0v) is 5.79. The fourth-order valence-corrected chi connectivity index (χ4v) is 1.000. The predicted octanol–water partition coefficient (Wildman–Crippen LogP) is 1.32. The summed E-state index contributed by atoms with van der Waals surface area (Å²) in [5, 5.41) is 8.56. The lowest BCUT2D eigenvalue weighted by molar-refractivity contribution is 0.147. The van der Waals surface area contributed by atoms with E-state index in [1.54, 1.807) is 0 Å². The van der Waals surface area contributed by atoms with Gasteiger partial charge in [0.05, 0.1) is 0 Å². The Bertz CT molecular complexity index is 144. The molecule has 56 valence electrons. The highest BCUT2D eigenvalue weighted by molar-refractivity contribution is 5.64. The van der Waals surface area contributed by atoms with Crippen molar-refractivity contribution in [2.24, 2.45) is 0 Å². The van der Waals surface area contributed by atoms with E-state index in [1.807, 2.05) is 12.2 Å². The zero-order chi connectivity index (χ0) is 7.40. The second-order valence-corrected chi connectivity index (χ2v) is 2.32. The van der Waals surface area contributed by atoms with Gasteiger partial charge in [-0.15, -0.1) is 0 Å². The molecule has 0 saturated carbocycles. The van der Waals surface area contributed by atoms with Crippen LogP contribution >= 0.6 is 0 Å². The van der Waals surface area contributed by atoms with Crippen LogP contribution < -0.4 is 0 Å². The second-order valence-electron chi connectivity index (χ2n) is 2.32. The van der Waals surface area contributed by atoms with Gasteiger partial charge in [-0.3, -0.25) is 0 Å². The molecule has 0 saturated heterocycles. The molecule has 0 spiro atoms. The van der Waals surface area contributed by atoms with Crippen LogP contribution in [0.25, 0.3) is 0 Å². The van der Waals surface area contributed by atoms with Gasteiger partial charge >= 0.3 is 6.09 Å². The molecule has 0 aromatic carbocycles. The number of carboxylic acid groups (broad SMARTS) is 1. The Morgan fingerprint density at radius 1 is 1.30 bits per heavy atom. The fourth-order valence-electron chi connectivity index (χ4n) is 1.000. The lowest BCUT2D eigenvalue weighted by atomic mass is 10.4. The van der Waals surface area contributed by atoms with Crippen molar-refractivity contribution < 1.29 is 9.90 Å². The molecular weight excluding hydrogens is 130 g/mol. The van der Waals surface area contributed by atoms with Gasteiger partial charge in [0.1, 0.15) is 0 Å². The highest BCUT2D eigenvalue weighted by Crippen LogP contribution is 2.01. The lowest BCUT2D eigenvalue weighted by Crippen LogP contribution is -2.30. The first-order valence-corrected chi connectivity index (χ1v) is 3.43. The summed E-state index contributed by atoms with van der Waals surface area (Å²) in [7, 11) is 0. The maximum absolute atomic E-state index is 10.4. The van der Waals surface area contributed by atoms with Crippen LogP contribution in [-0.2, 0) is 0 Å². The predicted molar refractivity (Wildman–Crippen MR) is 38.0 cm³/mol. The summed E-state index contributed by atoms with van der Waals surface area (Å²) < 4.78 is 0. The molecule has 1 aliphatic heterocycles. The van der Waals surface area contributed by atoms with Gasteiger partial charge in [-0.1, -0.05) is 12.2 Å². The van der Waals surface area contributed by atoms with Crippen LogP contribution in [0.15, 0.2) is 12.2 Å². The molecule has 0 unspecified atom stereocenters. The molecule has 1 rings (SSSR count). The Morgan fingerprint density at radius 2 is 1.80 bits per heavy atom. The van der Waals surface area contributed by atoms with Crippen LogP contribution in [0.3, 0.4) is 0 Å². The maximum Gasteiger partial charge on any atom is 0.407 e. The molecule has 0 aromatic heterocycles. The van der Waals surface area contributed by atoms with E-state index in [0.29, 0.717) is 13.1 Å². The molecule has 0 radical (unpaired) electrons. The topological polar surface area (TPSA) is 40.5 Å². The summed E-state index contributed by atoms with van der Waals surface area (Å²) in [6.07, 6.45) is 4.97. The highest BCUT2D eigenvalue weighted by Gasteiger charge is 2.10. The number of hydrogen-bond acceptors (Lipinski definition) is 1. The Morgan fingerprint density at radius 3 is 2.20 bits per heavy atom. The van der Waals surface area contributed by atoms with Crippen LogP contribution in [0.1, 0.15) is 12.8 Å². The number of rotatable bonds is 0. The van der Waals surface area contributed by atoms with Gasteiger partial charge in [0.2, 0.25) is 0 Å². The first-order valence-electron chi connectivity index (χ1n) is 3.43. The molecule has 0 aliphatic carbocycles. The molecule has 3 nitrogen and oxygen atoms in total. The SMILES string of the molecule is O=C(O)N1CCC=CCC1. The fraction of sp³-hybridized carbons (Fsp3) is 0.571. The van der Waals surface area contributed by atoms with Gasteiger partial charge in [-0.2, -0.15) is 0 Å². The zero-order valence-electron chi connectivity index (χ0n) is 5.79. The van der Waals surface area contributed by atoms with E-state index < -0.39 is 6.09 Å². The molecule has 1 aliphatic rings. The number of hydrogen-bond donors (Lipinski definition) is 1. The van der Waals surface area contributed by atoms with Crippen molar-refractivity contribution in [1.29, 1.82) is 0 Å². The molecule has 0 fully saturated rings. The van der Waals surface area contributed by atoms with Crippen LogP contribution in [0.4, 0.5) is 4.79 Å². The summed E-state index contributed by atoms with van der Waals surface area (Å²) >= 11 is 0. The quantitative estimate of drug-likeness (QED) is 0.517. The van der Waals surface area contributed by atoms with Crippen molar-refractivity contribution in [2.45, 2.75) is 12.8 Å². The maximum atomic E-state index is 10.4. The van der Waals surface area contributed by atoms with Crippen LogP contribution in [0.2, 0.25) is 0 Å². The molecular formula is C7H11NO2. The average molecular weight is 141 g/mol. The number of nitrogens with zero attached hydrogens (tertiary/aromatic N) is 1. The van der Waals surface area contributed by atoms with E-state index >= 15 is 0 Å². The van der Waals surface area contributed by atoms with Crippen molar-refractivity contribution in [3.63, 3.8) is 0 Å². The monoisotopic (exact) mass is 141 g/mol. The minimum absolute atomic E-state index is 0.645. The molecule has 1 N–H and O–H groups in total. The summed E-state index contributed by atoms with van der Waals surface area (Å²) in [5.41, 5.74) is 0. The summed E-state index contributed by atoms with van der Waals surface area (Å²) in [4.78, 5) is 11.8. The summed E-state index contributed by atoms with van der Waals surface area (Å²) in [6, 6.07) is 0. The van der Waals surface area contributed by atoms with Crippen molar-refractivity contribution in [3.8, 4) is 0 Å². The molecule has 0 bridgehead atoms. The van der Waals surface area contributed by atoms with Gasteiger partial charge in [-0.05, 0) is 12.8 Å². The minimum atomic E-state index is -0.802. The molecule has 10 heavy (non-hydrogen) atoms. The van der Waals surface area contributed by atoms with Crippen LogP contribution in [0, 0.1) is 0 Å². The normalized spacial score (nSPS) is 18.6. The molecule has 1 amide bonds. The van der Waals surface area contributed by atoms with E-state index in [2.05, 4.69) is 0 Å². The first kappa shape index (κ1) is 7.12. The second kappa shape index (κ2) is 3.25. The van der Waals surface area contributed by atoms with E-state index in [0.717, 1.165) is 12.8 Å². The molecule has 0 atom stereocenters. The number of amides is 1. The Hall–Kier alpha value is -0.990. The highest BCUT2D eigenvalue weighted by atomic mass is 16.4. The van der Waals surface area contributed by atoms with Crippen molar-refractivity contribution in [3.05, 3.63) is 12.2 Å². The van der Waals surface area contributed by atoms with Crippen molar-refractivity contribution >= 4 is 6.09 Å². The molecule has 1 heterocycles. The smallest absolute Gasteiger partial charge is 0.407 e. The van der Waals surface area contributed by atoms with Gasteiger partial charge in [0, 0.05) is 13.1 Å². The van der Waals surface area contributed by atoms with Crippen molar-refractivity contribution in [1.82, 2.24) is 4.90 Å². The van der Waals surface area contributed by atoms with Crippen molar-refractivity contribution in [2.75, 3.05) is 13.1 Å². The Balaban J connectivity index is 2.41. The third kappa shape index (κ3) is 1.76. The van der Waals surface area contributed by atoms with E-state index in [-0.39, 0.29) is 0 Å². The molecule has 0 aromatic rings. The molecule has 3 heteroatoms. The van der Waals surface area contributed by atoms with Gasteiger partial charge in [0.15, 0.2) is 0 Å². The number of carbonyl (C=O) groups is 1. The standard InChI is InChI=1S/C7H11NO2/c9-7(10)8-5-3-1-2-4-6-8/h1-2H,3-6H2,(H,9,10). The van der Waals surface area contributed by atoms with Gasteiger partial charge in [0.25, 0.3) is 0 Å². The van der Waals surface area contributed by atoms with E-state index in [1.165, 1.54) is 4.90 Å². The third-order valence-electron chi connectivity index (χ3n) is 1.57. The first-order chi connectivity index (χ1) is 4.80. The lowest BCUT2D eigenvalue weighted by Gasteiger charge is -2.14. The minimum Gasteiger partial charge on any atom is -0.465 e. The average Bonchev–Trinajstić information content (AvgIpc) is 2.12. The van der Waals surface area contributed by atoms with E-state index in [4.69, 9.17) is 5.11 Å². The van der Waals surface area contributed by atoms with Gasteiger partial charge < -0.3 is 10.0 Å². The van der Waals surface area contributed by atoms with Crippen LogP contribution in [0.5, 0.6) is 0 Å². The summed E-state index contributed by atoms with van der Waals surface area (Å²) in [6.45, 7) is 1.29. The van der Waals surface area contributed by atoms with Gasteiger partial charge in [-0.25, -0.2) is 4.79 Å². The Kier molecular flexibility index (Phi) is 2.31. The third-order valence-corrected chi connectivity index (χ3v) is 1.57. The van der Waals surface area contributed by atoms with Crippen LogP contribution in [-0.4, -0.2) is 29.2 Å². The largest absolute Gasteiger partial charge is 0.465 e. The summed E-state index contributed by atoms with van der Waals surface area (Å²) in [5.74, 6) is 0.